The lowest BCUT2D eigenvalue weighted by Gasteiger charge is -2.17. The van der Waals surface area contributed by atoms with E-state index in [1.807, 2.05) is 24.7 Å². The molecule has 0 aromatic carbocycles. The fourth-order valence-electron chi connectivity index (χ4n) is 2.16. The highest BCUT2D eigenvalue weighted by Crippen LogP contribution is 2.40. The van der Waals surface area contributed by atoms with Gasteiger partial charge in [0.2, 0.25) is 5.91 Å². The minimum atomic E-state index is -0.0467. The number of carbonyl (C=O) groups is 1. The number of anilines is 1. The van der Waals surface area contributed by atoms with E-state index in [0.29, 0.717) is 12.6 Å². The second kappa shape index (κ2) is 5.52. The normalized spacial score (nSPS) is 18.4. The number of hydrogen-bond acceptors (Lipinski definition) is 3. The van der Waals surface area contributed by atoms with E-state index in [1.54, 1.807) is 6.20 Å². The van der Waals surface area contributed by atoms with Crippen molar-refractivity contribution in [3.63, 3.8) is 0 Å². The van der Waals surface area contributed by atoms with Gasteiger partial charge in [-0.2, -0.15) is 5.10 Å². The van der Waals surface area contributed by atoms with Crippen molar-refractivity contribution in [3.8, 4) is 0 Å². The maximum atomic E-state index is 12.0. The number of nitrogens with one attached hydrogen (secondary N) is 2. The van der Waals surface area contributed by atoms with E-state index in [-0.39, 0.29) is 11.8 Å². The fourth-order valence-corrected chi connectivity index (χ4v) is 2.16. The number of aromatic nitrogens is 2. The van der Waals surface area contributed by atoms with Crippen LogP contribution in [0.1, 0.15) is 32.7 Å². The highest BCUT2D eigenvalue weighted by atomic mass is 16.2. The molecule has 1 heterocycles. The summed E-state index contributed by atoms with van der Waals surface area (Å²) in [5, 5.41) is 10.3. The number of carbonyl (C=O) groups excluding carboxylic acids is 1. The minimum absolute atomic E-state index is 0.0362. The van der Waals surface area contributed by atoms with E-state index in [1.165, 1.54) is 12.8 Å². The van der Waals surface area contributed by atoms with Crippen molar-refractivity contribution < 1.29 is 4.79 Å². The third kappa shape index (κ3) is 2.90. The molecule has 5 nitrogen and oxygen atoms in total. The van der Waals surface area contributed by atoms with Gasteiger partial charge in [0.15, 0.2) is 0 Å². The van der Waals surface area contributed by atoms with Gasteiger partial charge in [-0.3, -0.25) is 4.79 Å². The van der Waals surface area contributed by atoms with Gasteiger partial charge >= 0.3 is 0 Å². The summed E-state index contributed by atoms with van der Waals surface area (Å²) in [6.45, 7) is 4.76. The summed E-state index contributed by atoms with van der Waals surface area (Å²) in [5.41, 5.74) is 0. The monoisotopic (exact) mass is 250 g/mol. The molecule has 0 saturated heterocycles. The molecule has 1 amide bonds. The standard InChI is InChI=1S/C13H22N4O/c1-9(8-14-3)13(18)16-12-6-7-15-17(12)10(2)11-4-5-11/h6-7,9-11,14H,4-5,8H2,1-3H3,(H,16,18). The van der Waals surface area contributed by atoms with Gasteiger partial charge in [-0.15, -0.1) is 0 Å². The Hall–Kier alpha value is -1.36. The Labute approximate surface area is 108 Å². The molecular weight excluding hydrogens is 228 g/mol. The van der Waals surface area contributed by atoms with Gasteiger partial charge in [0, 0.05) is 18.5 Å². The molecule has 1 aliphatic carbocycles. The molecule has 1 aromatic rings. The van der Waals surface area contributed by atoms with Gasteiger partial charge in [0.1, 0.15) is 5.82 Å². The zero-order valence-corrected chi connectivity index (χ0v) is 11.3. The van der Waals surface area contributed by atoms with Crippen molar-refractivity contribution in [2.45, 2.75) is 32.7 Å². The first-order valence-corrected chi connectivity index (χ1v) is 6.62. The van der Waals surface area contributed by atoms with Crippen molar-refractivity contribution >= 4 is 11.7 Å². The van der Waals surface area contributed by atoms with Gasteiger partial charge in [0.05, 0.1) is 12.2 Å². The molecule has 0 spiro atoms. The summed E-state index contributed by atoms with van der Waals surface area (Å²) in [7, 11) is 1.85. The van der Waals surface area contributed by atoms with E-state index in [0.717, 1.165) is 11.7 Å². The first-order valence-electron chi connectivity index (χ1n) is 6.62. The molecule has 100 valence electrons. The lowest BCUT2D eigenvalue weighted by atomic mass is 10.1. The Morgan fingerprint density at radius 2 is 2.28 bits per heavy atom. The smallest absolute Gasteiger partial charge is 0.229 e. The number of hydrogen-bond donors (Lipinski definition) is 2. The SMILES string of the molecule is CNCC(C)C(=O)Nc1ccnn1C(C)C1CC1. The molecular formula is C13H22N4O. The Morgan fingerprint density at radius 3 is 2.89 bits per heavy atom. The zero-order chi connectivity index (χ0) is 13.1. The maximum absolute atomic E-state index is 12.0. The molecule has 1 aromatic heterocycles. The number of rotatable bonds is 6. The van der Waals surface area contributed by atoms with Crippen LogP contribution in [0.25, 0.3) is 0 Å². The van der Waals surface area contributed by atoms with Gasteiger partial charge in [0.25, 0.3) is 0 Å². The van der Waals surface area contributed by atoms with Gasteiger partial charge < -0.3 is 10.6 Å². The molecule has 1 aliphatic rings. The van der Waals surface area contributed by atoms with Crippen LogP contribution in [0.4, 0.5) is 5.82 Å². The molecule has 2 rings (SSSR count). The van der Waals surface area contributed by atoms with E-state index in [2.05, 4.69) is 22.7 Å². The Balaban J connectivity index is 2.00. The Morgan fingerprint density at radius 1 is 1.56 bits per heavy atom. The van der Waals surface area contributed by atoms with Gasteiger partial charge in [-0.1, -0.05) is 6.92 Å². The lowest BCUT2D eigenvalue weighted by molar-refractivity contribution is -0.119. The molecule has 1 saturated carbocycles. The Kier molecular flexibility index (Phi) is 4.01. The van der Waals surface area contributed by atoms with Crippen molar-refractivity contribution in [1.29, 1.82) is 0 Å². The van der Waals surface area contributed by atoms with Crippen LogP contribution in [0, 0.1) is 11.8 Å². The summed E-state index contributed by atoms with van der Waals surface area (Å²) in [5.74, 6) is 1.52. The van der Waals surface area contributed by atoms with Gasteiger partial charge in [-0.25, -0.2) is 4.68 Å². The van der Waals surface area contributed by atoms with Crippen LogP contribution in [-0.4, -0.2) is 29.3 Å². The molecule has 0 bridgehead atoms. The fraction of sp³-hybridized carbons (Fsp3) is 0.692. The molecule has 2 N–H and O–H groups in total. The largest absolute Gasteiger partial charge is 0.319 e. The first kappa shape index (κ1) is 13.1. The summed E-state index contributed by atoms with van der Waals surface area (Å²) in [6, 6.07) is 2.23. The highest BCUT2D eigenvalue weighted by molar-refractivity contribution is 5.91. The predicted molar refractivity (Wildman–Crippen MR) is 71.4 cm³/mol. The van der Waals surface area contributed by atoms with Crippen LogP contribution in [0.5, 0.6) is 0 Å². The highest BCUT2D eigenvalue weighted by Gasteiger charge is 2.30. The summed E-state index contributed by atoms with van der Waals surface area (Å²) in [4.78, 5) is 12.0. The van der Waals surface area contributed by atoms with E-state index in [4.69, 9.17) is 0 Å². The van der Waals surface area contributed by atoms with E-state index < -0.39 is 0 Å². The van der Waals surface area contributed by atoms with E-state index in [9.17, 15) is 4.79 Å². The number of amides is 1. The third-order valence-electron chi connectivity index (χ3n) is 3.57. The second-order valence-corrected chi connectivity index (χ2v) is 5.19. The predicted octanol–water partition coefficient (Wildman–Crippen LogP) is 1.65. The minimum Gasteiger partial charge on any atom is -0.319 e. The van der Waals surface area contributed by atoms with Crippen molar-refractivity contribution in [2.24, 2.45) is 11.8 Å². The summed E-state index contributed by atoms with van der Waals surface area (Å²) in [6.07, 6.45) is 4.28. The van der Waals surface area contributed by atoms with Crippen LogP contribution in [0.2, 0.25) is 0 Å². The molecule has 1 fully saturated rings. The average molecular weight is 250 g/mol. The van der Waals surface area contributed by atoms with Crippen LogP contribution in [-0.2, 0) is 4.79 Å². The van der Waals surface area contributed by atoms with Crippen molar-refractivity contribution in [3.05, 3.63) is 12.3 Å². The van der Waals surface area contributed by atoms with Crippen LogP contribution in [0.3, 0.4) is 0 Å². The topological polar surface area (TPSA) is 59.0 Å². The molecule has 0 radical (unpaired) electrons. The van der Waals surface area contributed by atoms with Crippen molar-refractivity contribution in [2.75, 3.05) is 18.9 Å². The van der Waals surface area contributed by atoms with Crippen LogP contribution >= 0.6 is 0 Å². The molecule has 5 heteroatoms. The zero-order valence-electron chi connectivity index (χ0n) is 11.3. The van der Waals surface area contributed by atoms with Crippen LogP contribution in [0.15, 0.2) is 12.3 Å². The average Bonchev–Trinajstić information content (AvgIpc) is 3.09. The first-order chi connectivity index (χ1) is 8.63. The molecule has 2 atom stereocenters. The van der Waals surface area contributed by atoms with Gasteiger partial charge in [-0.05, 0) is 32.7 Å². The number of nitrogens with zero attached hydrogens (tertiary/aromatic N) is 2. The lowest BCUT2D eigenvalue weighted by Crippen LogP contribution is -2.29. The van der Waals surface area contributed by atoms with E-state index >= 15 is 0 Å². The maximum Gasteiger partial charge on any atom is 0.229 e. The van der Waals surface area contributed by atoms with Crippen LogP contribution < -0.4 is 10.6 Å². The molecule has 18 heavy (non-hydrogen) atoms. The molecule has 0 aliphatic heterocycles. The summed E-state index contributed by atoms with van der Waals surface area (Å²) < 4.78 is 1.93. The summed E-state index contributed by atoms with van der Waals surface area (Å²) >= 11 is 0. The second-order valence-electron chi connectivity index (χ2n) is 5.19. The quantitative estimate of drug-likeness (QED) is 0.807. The molecule has 2 unspecified atom stereocenters. The van der Waals surface area contributed by atoms with Crippen molar-refractivity contribution in [1.82, 2.24) is 15.1 Å². The third-order valence-corrected chi connectivity index (χ3v) is 3.57. The Bertz CT molecular complexity index is 411.